The number of fused-ring (bicyclic) bond motifs is 1. The third kappa shape index (κ3) is 3.13. The fourth-order valence-corrected chi connectivity index (χ4v) is 3.20. The van der Waals surface area contributed by atoms with Crippen LogP contribution in [0, 0.1) is 19.7 Å². The molecule has 0 fully saturated rings. The van der Waals surface area contributed by atoms with E-state index in [1.807, 2.05) is 19.9 Å². The molecule has 0 aromatic heterocycles. The van der Waals surface area contributed by atoms with Crippen LogP contribution in [0.25, 0.3) is 0 Å². The molecule has 0 bridgehead atoms. The molecule has 2 N–H and O–H groups in total. The largest absolute Gasteiger partial charge is 0.480 e. The summed E-state index contributed by atoms with van der Waals surface area (Å²) in [6.45, 7) is 4.04. The van der Waals surface area contributed by atoms with E-state index in [1.54, 1.807) is 12.1 Å². The molecule has 2 unspecified atom stereocenters. The molecule has 23 heavy (non-hydrogen) atoms. The van der Waals surface area contributed by atoms with E-state index in [-0.39, 0.29) is 11.9 Å². The molecule has 0 amide bonds. The molecule has 2 aromatic rings. The van der Waals surface area contributed by atoms with E-state index in [1.165, 1.54) is 17.7 Å². The van der Waals surface area contributed by atoms with Crippen LogP contribution in [0.5, 0.6) is 0 Å². The number of nitrogens with one attached hydrogen (secondary N) is 1. The Bertz CT molecular complexity index is 740. The summed E-state index contributed by atoms with van der Waals surface area (Å²) in [6.07, 6.45) is 1.56. The molecule has 3 nitrogen and oxygen atoms in total. The number of benzene rings is 2. The summed E-state index contributed by atoms with van der Waals surface area (Å²) >= 11 is 0. The number of rotatable bonds is 4. The molecule has 2 atom stereocenters. The van der Waals surface area contributed by atoms with Crippen molar-refractivity contribution in [3.8, 4) is 0 Å². The second-order valence-corrected chi connectivity index (χ2v) is 6.22. The van der Waals surface area contributed by atoms with Crippen LogP contribution in [-0.2, 0) is 11.2 Å². The normalized spacial score (nSPS) is 19.6. The average Bonchev–Trinajstić information content (AvgIpc) is 2.85. The number of carboxylic acids is 1. The summed E-state index contributed by atoms with van der Waals surface area (Å²) in [5, 5.41) is 12.7. The molecular formula is C19H20FNO2. The van der Waals surface area contributed by atoms with Gasteiger partial charge in [0.15, 0.2) is 0 Å². The lowest BCUT2D eigenvalue weighted by molar-refractivity contribution is -0.139. The maximum atomic E-state index is 13.0. The van der Waals surface area contributed by atoms with Gasteiger partial charge in [0.05, 0.1) is 0 Å². The maximum Gasteiger partial charge on any atom is 0.325 e. The predicted octanol–water partition coefficient (Wildman–Crippen LogP) is 3.85. The van der Waals surface area contributed by atoms with Gasteiger partial charge < -0.3 is 5.11 Å². The smallest absolute Gasteiger partial charge is 0.325 e. The van der Waals surface area contributed by atoms with E-state index in [4.69, 9.17) is 0 Å². The summed E-state index contributed by atoms with van der Waals surface area (Å²) in [4.78, 5) is 11.5. The Kier molecular flexibility index (Phi) is 4.18. The van der Waals surface area contributed by atoms with Crippen LogP contribution < -0.4 is 5.32 Å². The first-order chi connectivity index (χ1) is 11.0. The Balaban J connectivity index is 1.83. The lowest BCUT2D eigenvalue weighted by atomic mass is 9.93. The Morgan fingerprint density at radius 1 is 1.13 bits per heavy atom. The van der Waals surface area contributed by atoms with Crippen molar-refractivity contribution in [1.29, 1.82) is 0 Å². The molecule has 0 saturated heterocycles. The van der Waals surface area contributed by atoms with Gasteiger partial charge in [0.2, 0.25) is 0 Å². The molecule has 0 spiro atoms. The third-order valence-corrected chi connectivity index (χ3v) is 4.64. The summed E-state index contributed by atoms with van der Waals surface area (Å²) in [7, 11) is 0. The Hall–Kier alpha value is -2.20. The number of halogens is 1. The van der Waals surface area contributed by atoms with E-state index in [9.17, 15) is 14.3 Å². The SMILES string of the molecule is Cc1cc2c(cc1C)C(C(=O)O)NC2CCc1ccc(F)cc1. The van der Waals surface area contributed by atoms with E-state index in [0.29, 0.717) is 0 Å². The molecule has 0 saturated carbocycles. The van der Waals surface area contributed by atoms with Gasteiger partial charge in [0.25, 0.3) is 0 Å². The lowest BCUT2D eigenvalue weighted by Crippen LogP contribution is -2.24. The van der Waals surface area contributed by atoms with Crippen molar-refractivity contribution < 1.29 is 14.3 Å². The number of aryl methyl sites for hydroxylation is 3. The lowest BCUT2D eigenvalue weighted by Gasteiger charge is -2.13. The molecule has 3 rings (SSSR count). The van der Waals surface area contributed by atoms with Gasteiger partial charge in [-0.2, -0.15) is 0 Å². The van der Waals surface area contributed by atoms with E-state index in [2.05, 4.69) is 11.4 Å². The third-order valence-electron chi connectivity index (χ3n) is 4.64. The Morgan fingerprint density at radius 3 is 2.35 bits per heavy atom. The van der Waals surface area contributed by atoms with Crippen molar-refractivity contribution in [2.75, 3.05) is 0 Å². The predicted molar refractivity (Wildman–Crippen MR) is 86.9 cm³/mol. The van der Waals surface area contributed by atoms with Gasteiger partial charge in [-0.05, 0) is 66.6 Å². The summed E-state index contributed by atoms with van der Waals surface area (Å²) in [5.41, 5.74) is 5.27. The molecule has 2 aromatic carbocycles. The topological polar surface area (TPSA) is 49.3 Å². The number of carboxylic acid groups (broad SMARTS) is 1. The van der Waals surface area contributed by atoms with E-state index >= 15 is 0 Å². The molecule has 0 radical (unpaired) electrons. The zero-order valence-corrected chi connectivity index (χ0v) is 13.3. The van der Waals surface area contributed by atoms with Crippen LogP contribution in [0.2, 0.25) is 0 Å². The van der Waals surface area contributed by atoms with Gasteiger partial charge >= 0.3 is 5.97 Å². The summed E-state index contributed by atoms with van der Waals surface area (Å²) in [6, 6.07) is 9.90. The molecule has 1 heterocycles. The van der Waals surface area contributed by atoms with E-state index < -0.39 is 12.0 Å². The van der Waals surface area contributed by atoms with Crippen molar-refractivity contribution in [1.82, 2.24) is 5.32 Å². The first-order valence-corrected chi connectivity index (χ1v) is 7.80. The van der Waals surface area contributed by atoms with Crippen LogP contribution in [0.3, 0.4) is 0 Å². The fourth-order valence-electron chi connectivity index (χ4n) is 3.20. The highest BCUT2D eigenvalue weighted by Crippen LogP contribution is 2.37. The first-order valence-electron chi connectivity index (χ1n) is 7.80. The van der Waals surface area contributed by atoms with Crippen LogP contribution >= 0.6 is 0 Å². The molecule has 1 aliphatic rings. The quantitative estimate of drug-likeness (QED) is 0.901. The summed E-state index contributed by atoms with van der Waals surface area (Å²) < 4.78 is 13.0. The fraction of sp³-hybridized carbons (Fsp3) is 0.316. The van der Waals surface area contributed by atoms with Crippen LogP contribution in [0.1, 0.15) is 46.3 Å². The minimum Gasteiger partial charge on any atom is -0.480 e. The van der Waals surface area contributed by atoms with Crippen molar-refractivity contribution in [3.05, 3.63) is 70.0 Å². The second kappa shape index (κ2) is 6.13. The highest BCUT2D eigenvalue weighted by atomic mass is 19.1. The number of aliphatic carboxylic acids is 1. The average molecular weight is 313 g/mol. The van der Waals surface area contributed by atoms with E-state index in [0.717, 1.165) is 35.1 Å². The highest BCUT2D eigenvalue weighted by molar-refractivity contribution is 5.78. The van der Waals surface area contributed by atoms with Crippen molar-refractivity contribution in [2.24, 2.45) is 0 Å². The van der Waals surface area contributed by atoms with Crippen LogP contribution in [-0.4, -0.2) is 11.1 Å². The van der Waals surface area contributed by atoms with Crippen LogP contribution in [0.4, 0.5) is 4.39 Å². The van der Waals surface area contributed by atoms with Gasteiger partial charge in [0.1, 0.15) is 11.9 Å². The Labute approximate surface area is 135 Å². The molecule has 1 aliphatic heterocycles. The minimum absolute atomic E-state index is 0.00968. The molecule has 0 aliphatic carbocycles. The van der Waals surface area contributed by atoms with Gasteiger partial charge in [-0.3, -0.25) is 10.1 Å². The van der Waals surface area contributed by atoms with Gasteiger partial charge in [-0.1, -0.05) is 24.3 Å². The van der Waals surface area contributed by atoms with Crippen molar-refractivity contribution >= 4 is 5.97 Å². The minimum atomic E-state index is -0.848. The summed E-state index contributed by atoms with van der Waals surface area (Å²) in [5.74, 6) is -1.09. The number of hydrogen-bond donors (Lipinski definition) is 2. The maximum absolute atomic E-state index is 13.0. The molecule has 120 valence electrons. The number of carbonyl (C=O) groups is 1. The number of hydrogen-bond acceptors (Lipinski definition) is 2. The Morgan fingerprint density at radius 2 is 1.74 bits per heavy atom. The zero-order valence-electron chi connectivity index (χ0n) is 13.3. The molecule has 4 heteroatoms. The van der Waals surface area contributed by atoms with Crippen LogP contribution in [0.15, 0.2) is 36.4 Å². The first kappa shape index (κ1) is 15.7. The van der Waals surface area contributed by atoms with Gasteiger partial charge in [-0.15, -0.1) is 0 Å². The highest BCUT2D eigenvalue weighted by Gasteiger charge is 2.34. The molecular weight excluding hydrogens is 293 g/mol. The van der Waals surface area contributed by atoms with Crippen molar-refractivity contribution in [2.45, 2.75) is 38.8 Å². The zero-order chi connectivity index (χ0) is 16.6. The van der Waals surface area contributed by atoms with Gasteiger partial charge in [0, 0.05) is 6.04 Å². The standard InChI is InChI=1S/C19H20FNO2/c1-11-9-15-16(10-12(11)2)18(19(22)23)21-17(15)8-5-13-3-6-14(20)7-4-13/h3-4,6-7,9-10,17-18,21H,5,8H2,1-2H3,(H,22,23). The monoisotopic (exact) mass is 313 g/mol. The second-order valence-electron chi connectivity index (χ2n) is 6.22. The van der Waals surface area contributed by atoms with Gasteiger partial charge in [-0.25, -0.2) is 4.39 Å². The van der Waals surface area contributed by atoms with Crippen molar-refractivity contribution in [3.63, 3.8) is 0 Å².